The number of ether oxygens (including phenoxy) is 1. The van der Waals surface area contributed by atoms with Gasteiger partial charge in [0.15, 0.2) is 0 Å². The summed E-state index contributed by atoms with van der Waals surface area (Å²) in [6.45, 7) is 4.42. The van der Waals surface area contributed by atoms with E-state index >= 15 is 0 Å². The van der Waals surface area contributed by atoms with Crippen molar-refractivity contribution in [1.29, 1.82) is 0 Å². The molecule has 1 aromatic carbocycles. The van der Waals surface area contributed by atoms with Crippen molar-refractivity contribution in [3.63, 3.8) is 0 Å². The molecule has 104 valence electrons. The summed E-state index contributed by atoms with van der Waals surface area (Å²) in [6.07, 6.45) is 4.22. The average Bonchev–Trinajstić information content (AvgIpc) is 2.98. The van der Waals surface area contributed by atoms with Gasteiger partial charge in [-0.1, -0.05) is 12.5 Å². The molecule has 1 saturated carbocycles. The Balaban J connectivity index is 1.92. The Hall–Kier alpha value is -1.22. The molecule has 0 amide bonds. The molecule has 3 atom stereocenters. The molecule has 1 aromatic rings. The van der Waals surface area contributed by atoms with E-state index in [0.717, 1.165) is 23.1 Å². The fourth-order valence-electron chi connectivity index (χ4n) is 3.88. The fourth-order valence-corrected chi connectivity index (χ4v) is 3.88. The van der Waals surface area contributed by atoms with Crippen LogP contribution in [0.1, 0.15) is 37.8 Å². The zero-order chi connectivity index (χ0) is 13.4. The molecule has 2 aliphatic rings. The van der Waals surface area contributed by atoms with Crippen LogP contribution in [0.3, 0.4) is 0 Å². The number of nitrogens with two attached hydrogens (primary N) is 1. The van der Waals surface area contributed by atoms with Crippen molar-refractivity contribution in [1.82, 2.24) is 0 Å². The molecular formula is C16H24N2O. The maximum absolute atomic E-state index is 6.17. The number of nitrogens with zero attached hydrogens (tertiary/aromatic N) is 1. The van der Waals surface area contributed by atoms with E-state index in [4.69, 9.17) is 10.5 Å². The number of anilines is 1. The Morgan fingerprint density at radius 3 is 2.53 bits per heavy atom. The Bertz CT molecular complexity index is 446. The summed E-state index contributed by atoms with van der Waals surface area (Å²) in [4.78, 5) is 2.52. The summed E-state index contributed by atoms with van der Waals surface area (Å²) in [5.41, 5.74) is 8.61. The molecule has 1 heterocycles. The SMILES string of the molecule is COc1cccc(N2CC3CCCC3C2)c1[C@@H](C)N. The molecule has 1 saturated heterocycles. The van der Waals surface area contributed by atoms with Crippen LogP contribution in [0.25, 0.3) is 0 Å². The molecule has 0 aromatic heterocycles. The quantitative estimate of drug-likeness (QED) is 0.908. The summed E-state index contributed by atoms with van der Waals surface area (Å²) in [7, 11) is 1.73. The third-order valence-corrected chi connectivity index (χ3v) is 4.79. The number of benzene rings is 1. The third-order valence-electron chi connectivity index (χ3n) is 4.79. The van der Waals surface area contributed by atoms with Crippen LogP contribution in [0.2, 0.25) is 0 Å². The first-order valence-corrected chi connectivity index (χ1v) is 7.38. The molecule has 2 N–H and O–H groups in total. The van der Waals surface area contributed by atoms with Gasteiger partial charge in [-0.2, -0.15) is 0 Å². The molecule has 3 rings (SSSR count). The number of hydrogen-bond acceptors (Lipinski definition) is 3. The molecular weight excluding hydrogens is 236 g/mol. The Morgan fingerprint density at radius 1 is 1.26 bits per heavy atom. The highest BCUT2D eigenvalue weighted by Crippen LogP contribution is 2.42. The first kappa shape index (κ1) is 12.8. The molecule has 19 heavy (non-hydrogen) atoms. The highest BCUT2D eigenvalue weighted by atomic mass is 16.5. The van der Waals surface area contributed by atoms with Crippen LogP contribution in [0.4, 0.5) is 5.69 Å². The minimum Gasteiger partial charge on any atom is -0.496 e. The summed E-state index contributed by atoms with van der Waals surface area (Å²) in [5.74, 6) is 2.71. The van der Waals surface area contributed by atoms with Gasteiger partial charge in [-0.05, 0) is 43.7 Å². The lowest BCUT2D eigenvalue weighted by atomic mass is 10.0. The van der Waals surface area contributed by atoms with Crippen LogP contribution >= 0.6 is 0 Å². The minimum absolute atomic E-state index is 0.00610. The van der Waals surface area contributed by atoms with Crippen LogP contribution in [0.15, 0.2) is 18.2 Å². The standard InChI is InChI=1S/C16H24N2O/c1-11(17)16-14(7-4-8-15(16)19-2)18-9-12-5-3-6-13(12)10-18/h4,7-8,11-13H,3,5-6,9-10,17H2,1-2H3/t11-,12?,13?/m1/s1. The predicted molar refractivity (Wildman–Crippen MR) is 78.6 cm³/mol. The van der Waals surface area contributed by atoms with Crippen molar-refractivity contribution in [3.8, 4) is 5.75 Å². The normalized spacial score (nSPS) is 27.4. The molecule has 0 radical (unpaired) electrons. The molecule has 3 nitrogen and oxygen atoms in total. The van der Waals surface area contributed by atoms with Crippen LogP contribution < -0.4 is 15.4 Å². The second-order valence-electron chi connectivity index (χ2n) is 6.04. The van der Waals surface area contributed by atoms with E-state index in [-0.39, 0.29) is 6.04 Å². The second-order valence-corrected chi connectivity index (χ2v) is 6.04. The maximum Gasteiger partial charge on any atom is 0.125 e. The Morgan fingerprint density at radius 2 is 1.95 bits per heavy atom. The van der Waals surface area contributed by atoms with E-state index in [1.807, 2.05) is 13.0 Å². The highest BCUT2D eigenvalue weighted by Gasteiger charge is 2.37. The van der Waals surface area contributed by atoms with Gasteiger partial charge in [-0.25, -0.2) is 0 Å². The van der Waals surface area contributed by atoms with E-state index in [1.165, 1.54) is 38.0 Å². The first-order valence-electron chi connectivity index (χ1n) is 7.38. The van der Waals surface area contributed by atoms with E-state index in [2.05, 4.69) is 17.0 Å². The van der Waals surface area contributed by atoms with Gasteiger partial charge < -0.3 is 15.4 Å². The number of hydrogen-bond donors (Lipinski definition) is 1. The number of fused-ring (bicyclic) bond motifs is 1. The third kappa shape index (κ3) is 2.20. The molecule has 1 aliphatic carbocycles. The summed E-state index contributed by atoms with van der Waals surface area (Å²) in [6, 6.07) is 6.29. The zero-order valence-electron chi connectivity index (χ0n) is 11.9. The lowest BCUT2D eigenvalue weighted by Gasteiger charge is -2.26. The van der Waals surface area contributed by atoms with E-state index in [0.29, 0.717) is 0 Å². The van der Waals surface area contributed by atoms with Crippen LogP contribution in [0.5, 0.6) is 5.75 Å². The molecule has 2 unspecified atom stereocenters. The predicted octanol–water partition coefficient (Wildman–Crippen LogP) is 2.95. The van der Waals surface area contributed by atoms with Gasteiger partial charge in [-0.15, -0.1) is 0 Å². The molecule has 2 fully saturated rings. The van der Waals surface area contributed by atoms with E-state index in [1.54, 1.807) is 7.11 Å². The average molecular weight is 260 g/mol. The van der Waals surface area contributed by atoms with Crippen molar-refractivity contribution in [2.45, 2.75) is 32.2 Å². The number of methoxy groups -OCH3 is 1. The van der Waals surface area contributed by atoms with Gasteiger partial charge in [0.1, 0.15) is 5.75 Å². The van der Waals surface area contributed by atoms with Gasteiger partial charge in [0.25, 0.3) is 0 Å². The van der Waals surface area contributed by atoms with Gasteiger partial charge in [0, 0.05) is 30.4 Å². The molecule has 3 heteroatoms. The summed E-state index contributed by atoms with van der Waals surface area (Å²) >= 11 is 0. The van der Waals surface area contributed by atoms with Crippen molar-refractivity contribution >= 4 is 5.69 Å². The zero-order valence-corrected chi connectivity index (χ0v) is 11.9. The van der Waals surface area contributed by atoms with Crippen LogP contribution in [-0.2, 0) is 0 Å². The monoisotopic (exact) mass is 260 g/mol. The minimum atomic E-state index is 0.00610. The number of rotatable bonds is 3. The van der Waals surface area contributed by atoms with Crippen molar-refractivity contribution in [2.75, 3.05) is 25.1 Å². The molecule has 0 spiro atoms. The fraction of sp³-hybridized carbons (Fsp3) is 0.625. The van der Waals surface area contributed by atoms with Crippen LogP contribution in [-0.4, -0.2) is 20.2 Å². The first-order chi connectivity index (χ1) is 9.20. The highest BCUT2D eigenvalue weighted by molar-refractivity contribution is 5.61. The largest absolute Gasteiger partial charge is 0.496 e. The van der Waals surface area contributed by atoms with Gasteiger partial charge >= 0.3 is 0 Å². The van der Waals surface area contributed by atoms with Crippen molar-refractivity contribution < 1.29 is 4.74 Å². The lowest BCUT2D eigenvalue weighted by molar-refractivity contribution is 0.407. The van der Waals surface area contributed by atoms with Crippen LogP contribution in [0, 0.1) is 11.8 Å². The molecule has 0 bridgehead atoms. The van der Waals surface area contributed by atoms with Crippen molar-refractivity contribution in [2.24, 2.45) is 17.6 Å². The van der Waals surface area contributed by atoms with Gasteiger partial charge in [0.2, 0.25) is 0 Å². The van der Waals surface area contributed by atoms with Gasteiger partial charge in [0.05, 0.1) is 7.11 Å². The van der Waals surface area contributed by atoms with Crippen molar-refractivity contribution in [3.05, 3.63) is 23.8 Å². The topological polar surface area (TPSA) is 38.5 Å². The van der Waals surface area contributed by atoms with E-state index < -0.39 is 0 Å². The lowest BCUT2D eigenvalue weighted by Crippen LogP contribution is -2.24. The maximum atomic E-state index is 6.17. The summed E-state index contributed by atoms with van der Waals surface area (Å²) < 4.78 is 5.49. The summed E-state index contributed by atoms with van der Waals surface area (Å²) in [5, 5.41) is 0. The molecule has 1 aliphatic heterocycles. The van der Waals surface area contributed by atoms with Gasteiger partial charge in [-0.3, -0.25) is 0 Å². The van der Waals surface area contributed by atoms with E-state index in [9.17, 15) is 0 Å². The Labute approximate surface area is 115 Å². The Kier molecular flexibility index (Phi) is 3.40. The smallest absolute Gasteiger partial charge is 0.125 e. The second kappa shape index (κ2) is 5.04.